The number of aromatic nitrogens is 3. The Labute approximate surface area is 137 Å². The summed E-state index contributed by atoms with van der Waals surface area (Å²) in [5, 5.41) is 3.97. The summed E-state index contributed by atoms with van der Waals surface area (Å²) in [5.74, 6) is 1.56. The number of nitrogens with zero attached hydrogens (tertiary/aromatic N) is 3. The van der Waals surface area contributed by atoms with Crippen LogP contribution in [0.25, 0.3) is 16.9 Å². The van der Waals surface area contributed by atoms with Crippen molar-refractivity contribution in [1.29, 1.82) is 0 Å². The van der Waals surface area contributed by atoms with Gasteiger partial charge in [-0.1, -0.05) is 23.7 Å². The first-order chi connectivity index (χ1) is 11.3. The molecule has 5 nitrogen and oxygen atoms in total. The van der Waals surface area contributed by atoms with E-state index in [1.165, 1.54) is 0 Å². The molecule has 23 heavy (non-hydrogen) atoms. The zero-order chi connectivity index (χ0) is 15.6. The molecule has 0 atom stereocenters. The summed E-state index contributed by atoms with van der Waals surface area (Å²) >= 11 is 5.96. The SMILES string of the molecule is Clc1ccc(-c2cnc3c(NCc4ccco4)nccn23)cc1. The zero-order valence-electron chi connectivity index (χ0n) is 12.1. The van der Waals surface area contributed by atoms with Crippen LogP contribution in [-0.2, 0) is 6.54 Å². The van der Waals surface area contributed by atoms with Gasteiger partial charge in [-0.3, -0.25) is 4.40 Å². The quantitative estimate of drug-likeness (QED) is 0.609. The standard InChI is InChI=1S/C17H13ClN4O/c18-13-5-3-12(4-6-13)15-11-21-17-16(19-7-8-22(15)17)20-10-14-2-1-9-23-14/h1-9,11H,10H2,(H,19,20). The molecule has 3 aromatic heterocycles. The Morgan fingerprint density at radius 1 is 1.13 bits per heavy atom. The average Bonchev–Trinajstić information content (AvgIpc) is 3.23. The van der Waals surface area contributed by atoms with E-state index in [0.29, 0.717) is 17.4 Å². The van der Waals surface area contributed by atoms with Crippen molar-refractivity contribution in [2.75, 3.05) is 5.32 Å². The van der Waals surface area contributed by atoms with E-state index in [9.17, 15) is 0 Å². The van der Waals surface area contributed by atoms with Crippen molar-refractivity contribution in [1.82, 2.24) is 14.4 Å². The van der Waals surface area contributed by atoms with E-state index in [-0.39, 0.29) is 0 Å². The molecular formula is C17H13ClN4O. The predicted molar refractivity (Wildman–Crippen MR) is 89.5 cm³/mol. The molecule has 1 aromatic carbocycles. The van der Waals surface area contributed by atoms with E-state index < -0.39 is 0 Å². The van der Waals surface area contributed by atoms with Crippen LogP contribution in [0.15, 0.2) is 65.7 Å². The maximum Gasteiger partial charge on any atom is 0.180 e. The second-order valence-corrected chi connectivity index (χ2v) is 5.49. The van der Waals surface area contributed by atoms with Crippen molar-refractivity contribution in [3.8, 4) is 11.3 Å². The number of imidazole rings is 1. The smallest absolute Gasteiger partial charge is 0.180 e. The Kier molecular flexibility index (Phi) is 3.48. The van der Waals surface area contributed by atoms with Crippen LogP contribution >= 0.6 is 11.6 Å². The molecule has 114 valence electrons. The fourth-order valence-corrected chi connectivity index (χ4v) is 2.59. The number of fused-ring (bicyclic) bond motifs is 1. The molecule has 0 aliphatic carbocycles. The molecule has 0 amide bonds. The molecule has 6 heteroatoms. The number of furan rings is 1. The van der Waals surface area contributed by atoms with E-state index in [4.69, 9.17) is 16.0 Å². The maximum atomic E-state index is 5.96. The van der Waals surface area contributed by atoms with Crippen LogP contribution in [0.3, 0.4) is 0 Å². The van der Waals surface area contributed by atoms with Crippen molar-refractivity contribution >= 4 is 23.1 Å². The number of hydrogen-bond acceptors (Lipinski definition) is 4. The topological polar surface area (TPSA) is 55.4 Å². The van der Waals surface area contributed by atoms with E-state index in [2.05, 4.69) is 15.3 Å². The summed E-state index contributed by atoms with van der Waals surface area (Å²) in [7, 11) is 0. The molecule has 0 unspecified atom stereocenters. The summed E-state index contributed by atoms with van der Waals surface area (Å²) in [6.45, 7) is 0.558. The fourth-order valence-electron chi connectivity index (χ4n) is 2.46. The zero-order valence-corrected chi connectivity index (χ0v) is 12.9. The third-order valence-electron chi connectivity index (χ3n) is 3.58. The lowest BCUT2D eigenvalue weighted by molar-refractivity contribution is 0.518. The van der Waals surface area contributed by atoms with Crippen LogP contribution in [-0.4, -0.2) is 14.4 Å². The van der Waals surface area contributed by atoms with Gasteiger partial charge in [0.2, 0.25) is 0 Å². The van der Waals surface area contributed by atoms with Gasteiger partial charge in [0.15, 0.2) is 11.5 Å². The molecule has 3 heterocycles. The first-order valence-corrected chi connectivity index (χ1v) is 7.53. The minimum Gasteiger partial charge on any atom is -0.467 e. The normalized spacial score (nSPS) is 11.0. The molecule has 0 radical (unpaired) electrons. The highest BCUT2D eigenvalue weighted by Gasteiger charge is 2.10. The monoisotopic (exact) mass is 324 g/mol. The van der Waals surface area contributed by atoms with E-state index in [1.54, 1.807) is 12.5 Å². The second kappa shape index (κ2) is 5.78. The van der Waals surface area contributed by atoms with Gasteiger partial charge in [-0.25, -0.2) is 9.97 Å². The third-order valence-corrected chi connectivity index (χ3v) is 3.83. The number of hydrogen-bond donors (Lipinski definition) is 1. The lowest BCUT2D eigenvalue weighted by Crippen LogP contribution is -2.03. The van der Waals surface area contributed by atoms with E-state index >= 15 is 0 Å². The molecular weight excluding hydrogens is 312 g/mol. The molecule has 0 saturated heterocycles. The summed E-state index contributed by atoms with van der Waals surface area (Å²) in [6, 6.07) is 11.5. The van der Waals surface area contributed by atoms with Gasteiger partial charge in [-0.15, -0.1) is 0 Å². The largest absolute Gasteiger partial charge is 0.467 e. The molecule has 0 aliphatic heterocycles. The van der Waals surface area contributed by atoms with Crippen LogP contribution in [0.4, 0.5) is 5.82 Å². The lowest BCUT2D eigenvalue weighted by Gasteiger charge is -2.06. The van der Waals surface area contributed by atoms with Crippen molar-refractivity contribution in [3.63, 3.8) is 0 Å². The van der Waals surface area contributed by atoms with Gasteiger partial charge >= 0.3 is 0 Å². The first kappa shape index (κ1) is 13.8. The van der Waals surface area contributed by atoms with Gasteiger partial charge in [0.05, 0.1) is 24.7 Å². The van der Waals surface area contributed by atoms with Crippen LogP contribution in [0, 0.1) is 0 Å². The van der Waals surface area contributed by atoms with Crippen LogP contribution < -0.4 is 5.32 Å². The van der Waals surface area contributed by atoms with Crippen LogP contribution in [0.2, 0.25) is 5.02 Å². The minimum atomic E-state index is 0.558. The lowest BCUT2D eigenvalue weighted by atomic mass is 10.2. The van der Waals surface area contributed by atoms with Crippen molar-refractivity contribution in [2.24, 2.45) is 0 Å². The van der Waals surface area contributed by atoms with Gasteiger partial charge < -0.3 is 9.73 Å². The highest BCUT2D eigenvalue weighted by molar-refractivity contribution is 6.30. The van der Waals surface area contributed by atoms with Crippen molar-refractivity contribution in [2.45, 2.75) is 6.54 Å². The number of anilines is 1. The van der Waals surface area contributed by atoms with Crippen LogP contribution in [0.1, 0.15) is 5.76 Å². The molecule has 0 fully saturated rings. The molecule has 0 saturated carbocycles. The molecule has 4 aromatic rings. The minimum absolute atomic E-state index is 0.558. The number of benzene rings is 1. The molecule has 0 bridgehead atoms. The summed E-state index contributed by atoms with van der Waals surface area (Å²) in [6.07, 6.45) is 7.13. The fraction of sp³-hybridized carbons (Fsp3) is 0.0588. The predicted octanol–water partition coefficient (Wildman–Crippen LogP) is 4.25. The van der Waals surface area contributed by atoms with Gasteiger partial charge in [0.25, 0.3) is 0 Å². The number of nitrogens with one attached hydrogen (secondary N) is 1. The Balaban J connectivity index is 1.70. The highest BCUT2D eigenvalue weighted by atomic mass is 35.5. The average molecular weight is 325 g/mol. The molecule has 4 rings (SSSR count). The second-order valence-electron chi connectivity index (χ2n) is 5.05. The van der Waals surface area contributed by atoms with Gasteiger partial charge in [0.1, 0.15) is 5.76 Å². The maximum absolute atomic E-state index is 5.96. The summed E-state index contributed by atoms with van der Waals surface area (Å²) in [5.41, 5.74) is 2.80. The Morgan fingerprint density at radius 3 is 2.78 bits per heavy atom. The summed E-state index contributed by atoms with van der Waals surface area (Å²) in [4.78, 5) is 8.86. The highest BCUT2D eigenvalue weighted by Crippen LogP contribution is 2.24. The summed E-state index contributed by atoms with van der Waals surface area (Å²) < 4.78 is 7.32. The van der Waals surface area contributed by atoms with Gasteiger partial charge in [-0.2, -0.15) is 0 Å². The molecule has 1 N–H and O–H groups in total. The van der Waals surface area contributed by atoms with E-state index in [1.807, 2.05) is 53.2 Å². The van der Waals surface area contributed by atoms with Crippen molar-refractivity contribution < 1.29 is 4.42 Å². The van der Waals surface area contributed by atoms with E-state index in [0.717, 1.165) is 22.7 Å². The molecule has 0 spiro atoms. The molecule has 0 aliphatic rings. The Morgan fingerprint density at radius 2 is 2.00 bits per heavy atom. The number of halogens is 1. The van der Waals surface area contributed by atoms with Crippen molar-refractivity contribution in [3.05, 3.63) is 72.0 Å². The first-order valence-electron chi connectivity index (χ1n) is 7.15. The van der Waals surface area contributed by atoms with Gasteiger partial charge in [-0.05, 0) is 24.3 Å². The number of rotatable bonds is 4. The Bertz CT molecular complexity index is 929. The van der Waals surface area contributed by atoms with Gasteiger partial charge in [0, 0.05) is 23.0 Å². The Hall–Kier alpha value is -2.79. The van der Waals surface area contributed by atoms with Crippen LogP contribution in [0.5, 0.6) is 0 Å². The third kappa shape index (κ3) is 2.66.